The van der Waals surface area contributed by atoms with Crippen LogP contribution in [0.5, 0.6) is 0 Å². The van der Waals surface area contributed by atoms with Crippen molar-refractivity contribution < 1.29 is 8.42 Å². The maximum absolute atomic E-state index is 12.4. The number of nitriles is 1. The topological polar surface area (TPSA) is 93.0 Å². The van der Waals surface area contributed by atoms with Crippen molar-refractivity contribution in [3.8, 4) is 39.7 Å². The lowest BCUT2D eigenvalue weighted by molar-refractivity contribution is 0.461. The molecule has 0 aliphatic carbocycles. The van der Waals surface area contributed by atoms with Crippen LogP contribution < -0.4 is 0 Å². The number of rotatable bonds is 8. The number of fused-ring (bicyclic) bond motifs is 1. The summed E-state index contributed by atoms with van der Waals surface area (Å²) in [4.78, 5) is 4.91. The largest absolute Gasteiger partial charge is 0.299 e. The quantitative estimate of drug-likeness (QED) is 0.150. The predicted molar refractivity (Wildman–Crippen MR) is 200 cm³/mol. The molecule has 0 aliphatic rings. The summed E-state index contributed by atoms with van der Waals surface area (Å²) < 4.78 is 28.9. The average Bonchev–Trinajstić information content (AvgIpc) is 3.82. The first-order valence-corrected chi connectivity index (χ1v) is 18.3. The molecular formula is C43H31N5O2S. The number of nitrogens with zero attached hydrogens (tertiary/aromatic N) is 5. The van der Waals surface area contributed by atoms with Crippen LogP contribution in [0.3, 0.4) is 0 Å². The Kier molecular flexibility index (Phi) is 7.90. The second-order valence-electron chi connectivity index (χ2n) is 12.4. The summed E-state index contributed by atoms with van der Waals surface area (Å²) >= 11 is 0. The summed E-state index contributed by atoms with van der Waals surface area (Å²) in [5.41, 5.74) is 8.63. The number of imidazole rings is 1. The number of hydrogen-bond donors (Lipinski definition) is 0. The van der Waals surface area contributed by atoms with Crippen molar-refractivity contribution in [2.24, 2.45) is 0 Å². The maximum Gasteiger partial charge on any atom is 0.175 e. The number of benzene rings is 5. The van der Waals surface area contributed by atoms with Crippen LogP contribution in [-0.4, -0.2) is 33.8 Å². The molecule has 51 heavy (non-hydrogen) atoms. The Morgan fingerprint density at radius 1 is 0.627 bits per heavy atom. The summed E-state index contributed by atoms with van der Waals surface area (Å²) in [5, 5.41) is 14.8. The summed E-state index contributed by atoms with van der Waals surface area (Å²) in [6.45, 7) is 0. The summed E-state index contributed by atoms with van der Waals surface area (Å²) in [6, 6.07) is 51.6. The summed E-state index contributed by atoms with van der Waals surface area (Å²) in [5.74, 6) is 0. The highest BCUT2D eigenvalue weighted by Crippen LogP contribution is 2.43. The van der Waals surface area contributed by atoms with Gasteiger partial charge in [0.1, 0.15) is 16.9 Å². The minimum atomic E-state index is -3.40. The van der Waals surface area contributed by atoms with Gasteiger partial charge in [-0.1, -0.05) is 115 Å². The van der Waals surface area contributed by atoms with Gasteiger partial charge in [0, 0.05) is 40.9 Å². The van der Waals surface area contributed by atoms with E-state index in [1.54, 1.807) is 24.3 Å². The van der Waals surface area contributed by atoms with Crippen LogP contribution in [0.15, 0.2) is 175 Å². The molecule has 246 valence electrons. The van der Waals surface area contributed by atoms with Crippen molar-refractivity contribution in [1.29, 1.82) is 5.26 Å². The standard InChI is InChI=1S/C43H31N5O2S/c1-51(49,50)38-24-21-33(22-25-38)42-39(34-23-26-41-45-28-40(47(41)29-34)32-19-17-31(27-44)18-20-32)30-48(46-42)43(35-11-5-2-6-12-35,36-13-7-3-8-14-36)37-15-9-4-10-16-37/h2-26,28-30H,1H3. The zero-order chi connectivity index (χ0) is 35.0. The van der Waals surface area contributed by atoms with Crippen LogP contribution in [0.4, 0.5) is 0 Å². The molecule has 3 aromatic heterocycles. The Morgan fingerprint density at radius 3 is 1.69 bits per heavy atom. The molecule has 8 rings (SSSR count). The number of pyridine rings is 1. The fourth-order valence-corrected chi connectivity index (χ4v) is 7.46. The monoisotopic (exact) mass is 681 g/mol. The van der Waals surface area contributed by atoms with E-state index in [0.29, 0.717) is 11.3 Å². The molecule has 0 aliphatic heterocycles. The molecule has 0 unspecified atom stereocenters. The van der Waals surface area contributed by atoms with E-state index in [0.717, 1.165) is 50.3 Å². The van der Waals surface area contributed by atoms with Crippen molar-refractivity contribution in [2.75, 3.05) is 6.26 Å². The van der Waals surface area contributed by atoms with E-state index >= 15 is 0 Å². The zero-order valence-electron chi connectivity index (χ0n) is 27.6. The van der Waals surface area contributed by atoms with Gasteiger partial charge in [-0.2, -0.15) is 10.4 Å². The zero-order valence-corrected chi connectivity index (χ0v) is 28.4. The van der Waals surface area contributed by atoms with Crippen molar-refractivity contribution in [3.05, 3.63) is 193 Å². The molecule has 8 aromatic rings. The van der Waals surface area contributed by atoms with E-state index in [4.69, 9.17) is 5.10 Å². The van der Waals surface area contributed by atoms with E-state index in [-0.39, 0.29) is 4.90 Å². The highest BCUT2D eigenvalue weighted by atomic mass is 32.2. The highest BCUT2D eigenvalue weighted by molar-refractivity contribution is 7.90. The molecule has 0 atom stereocenters. The third kappa shape index (κ3) is 5.60. The van der Waals surface area contributed by atoms with Gasteiger partial charge in [-0.25, -0.2) is 13.4 Å². The predicted octanol–water partition coefficient (Wildman–Crippen LogP) is 8.65. The summed E-state index contributed by atoms with van der Waals surface area (Å²) in [7, 11) is -3.40. The third-order valence-electron chi connectivity index (χ3n) is 9.31. The molecule has 0 bridgehead atoms. The molecule has 0 saturated carbocycles. The SMILES string of the molecule is CS(=O)(=O)c1ccc(-c2nn(C(c3ccccc3)(c3ccccc3)c3ccccc3)cc2-c2ccc3ncc(-c4ccc(C#N)cc4)n3c2)cc1. The smallest absolute Gasteiger partial charge is 0.175 e. The van der Waals surface area contributed by atoms with Gasteiger partial charge in [0.2, 0.25) is 0 Å². The van der Waals surface area contributed by atoms with Gasteiger partial charge in [-0.15, -0.1) is 0 Å². The van der Waals surface area contributed by atoms with Gasteiger partial charge >= 0.3 is 0 Å². The van der Waals surface area contributed by atoms with Gasteiger partial charge in [0.05, 0.1) is 28.4 Å². The first-order chi connectivity index (χ1) is 24.9. The molecule has 0 N–H and O–H groups in total. The van der Waals surface area contributed by atoms with E-state index < -0.39 is 15.4 Å². The molecule has 5 aromatic carbocycles. The number of hydrogen-bond acceptors (Lipinski definition) is 5. The molecule has 8 heteroatoms. The number of sulfone groups is 1. The molecule has 0 spiro atoms. The van der Waals surface area contributed by atoms with Gasteiger partial charge < -0.3 is 0 Å². The fraction of sp³-hybridized carbons (Fsp3) is 0.0465. The molecule has 7 nitrogen and oxygen atoms in total. The normalized spacial score (nSPS) is 11.8. The minimum Gasteiger partial charge on any atom is -0.299 e. The molecule has 3 heterocycles. The Labute approximate surface area is 296 Å². The minimum absolute atomic E-state index is 0.242. The second kappa shape index (κ2) is 12.7. The molecular weight excluding hydrogens is 651 g/mol. The Bertz CT molecular complexity index is 2550. The Balaban J connectivity index is 1.41. The Hall–Kier alpha value is -6.56. The lowest BCUT2D eigenvalue weighted by atomic mass is 9.77. The molecule has 0 radical (unpaired) electrons. The first-order valence-electron chi connectivity index (χ1n) is 16.4. The van der Waals surface area contributed by atoms with Crippen LogP contribution in [0.2, 0.25) is 0 Å². The van der Waals surface area contributed by atoms with Crippen LogP contribution in [0.25, 0.3) is 39.3 Å². The van der Waals surface area contributed by atoms with E-state index in [1.807, 2.05) is 106 Å². The first kappa shape index (κ1) is 31.7. The van der Waals surface area contributed by atoms with Gasteiger partial charge in [-0.3, -0.25) is 9.08 Å². The van der Waals surface area contributed by atoms with Crippen molar-refractivity contribution >= 4 is 15.5 Å². The van der Waals surface area contributed by atoms with E-state index in [9.17, 15) is 13.7 Å². The van der Waals surface area contributed by atoms with Crippen LogP contribution in [0.1, 0.15) is 22.3 Å². The molecule has 0 saturated heterocycles. The maximum atomic E-state index is 12.4. The lowest BCUT2D eigenvalue weighted by Crippen LogP contribution is -2.38. The van der Waals surface area contributed by atoms with E-state index in [1.165, 1.54) is 6.26 Å². The van der Waals surface area contributed by atoms with Crippen molar-refractivity contribution in [3.63, 3.8) is 0 Å². The van der Waals surface area contributed by atoms with Crippen LogP contribution in [0, 0.1) is 11.3 Å². The van der Waals surface area contributed by atoms with Gasteiger partial charge in [0.25, 0.3) is 0 Å². The fourth-order valence-electron chi connectivity index (χ4n) is 6.83. The number of aromatic nitrogens is 4. The van der Waals surface area contributed by atoms with Crippen LogP contribution in [-0.2, 0) is 15.4 Å². The summed E-state index contributed by atoms with van der Waals surface area (Å²) in [6.07, 6.45) is 7.19. The van der Waals surface area contributed by atoms with E-state index in [2.05, 4.69) is 59.8 Å². The van der Waals surface area contributed by atoms with Crippen molar-refractivity contribution in [2.45, 2.75) is 10.4 Å². The molecule has 0 amide bonds. The lowest BCUT2D eigenvalue weighted by Gasteiger charge is -2.36. The van der Waals surface area contributed by atoms with Crippen molar-refractivity contribution in [1.82, 2.24) is 19.2 Å². The third-order valence-corrected chi connectivity index (χ3v) is 10.4. The second-order valence-corrected chi connectivity index (χ2v) is 14.4. The Morgan fingerprint density at radius 2 is 1.16 bits per heavy atom. The molecule has 0 fully saturated rings. The van der Waals surface area contributed by atoms with Gasteiger partial charge in [-0.05, 0) is 53.1 Å². The highest BCUT2D eigenvalue weighted by Gasteiger charge is 2.40. The van der Waals surface area contributed by atoms with Gasteiger partial charge in [0.15, 0.2) is 9.84 Å². The van der Waals surface area contributed by atoms with Crippen LogP contribution >= 0.6 is 0 Å². The average molecular weight is 682 g/mol.